The third-order valence-corrected chi connectivity index (χ3v) is 2.82. The summed E-state index contributed by atoms with van der Waals surface area (Å²) in [6.07, 6.45) is 3.68. The molecule has 0 atom stereocenters. The zero-order valence-electron chi connectivity index (χ0n) is 11.2. The van der Waals surface area contributed by atoms with E-state index in [1.807, 2.05) is 43.3 Å². The van der Waals surface area contributed by atoms with Crippen LogP contribution in [-0.2, 0) is 0 Å². The van der Waals surface area contributed by atoms with Crippen molar-refractivity contribution in [3.8, 4) is 5.75 Å². The molecule has 2 rings (SSSR count). The van der Waals surface area contributed by atoms with Gasteiger partial charge < -0.3 is 9.84 Å². The van der Waals surface area contributed by atoms with Gasteiger partial charge in [-0.05, 0) is 36.2 Å². The van der Waals surface area contributed by atoms with Gasteiger partial charge in [-0.1, -0.05) is 42.5 Å². The van der Waals surface area contributed by atoms with Crippen molar-refractivity contribution in [2.24, 2.45) is 0 Å². The lowest BCUT2D eigenvalue weighted by Crippen LogP contribution is -1.98. The molecule has 0 radical (unpaired) electrons. The van der Waals surface area contributed by atoms with Gasteiger partial charge in [0.05, 0.1) is 12.2 Å². The van der Waals surface area contributed by atoms with Crippen molar-refractivity contribution in [1.29, 1.82) is 0 Å². The lowest BCUT2D eigenvalue weighted by atomic mass is 10.1. The summed E-state index contributed by atoms with van der Waals surface area (Å²) >= 11 is 0. The smallest absolute Gasteiger partial charge is 0.336 e. The fraction of sp³-hybridized carbons (Fsp3) is 0.118. The highest BCUT2D eigenvalue weighted by atomic mass is 16.5. The van der Waals surface area contributed by atoms with Crippen LogP contribution in [0.15, 0.2) is 48.5 Å². The Labute approximate surface area is 118 Å². The minimum atomic E-state index is -0.923. The highest BCUT2D eigenvalue weighted by molar-refractivity contribution is 5.93. The van der Waals surface area contributed by atoms with Crippen LogP contribution in [0, 0.1) is 0 Å². The minimum absolute atomic E-state index is 0.296. The molecule has 0 aliphatic heterocycles. The summed E-state index contributed by atoms with van der Waals surface area (Å²) in [6.45, 7) is 2.56. The topological polar surface area (TPSA) is 46.5 Å². The van der Waals surface area contributed by atoms with Crippen LogP contribution in [0.1, 0.15) is 28.4 Å². The molecule has 3 heteroatoms. The van der Waals surface area contributed by atoms with Crippen molar-refractivity contribution in [2.45, 2.75) is 6.92 Å². The second-order valence-electron chi connectivity index (χ2n) is 4.23. The number of rotatable bonds is 5. The number of hydrogen-bond donors (Lipinski definition) is 1. The quantitative estimate of drug-likeness (QED) is 0.835. The summed E-state index contributed by atoms with van der Waals surface area (Å²) in [4.78, 5) is 11.1. The molecule has 0 heterocycles. The molecule has 0 aliphatic rings. The van der Waals surface area contributed by atoms with Crippen molar-refractivity contribution in [2.75, 3.05) is 6.61 Å². The van der Waals surface area contributed by atoms with Crippen molar-refractivity contribution >= 4 is 18.1 Å². The Morgan fingerprint density at radius 3 is 2.70 bits per heavy atom. The molecule has 0 saturated carbocycles. The third-order valence-electron chi connectivity index (χ3n) is 2.82. The van der Waals surface area contributed by atoms with Crippen molar-refractivity contribution in [1.82, 2.24) is 0 Å². The average Bonchev–Trinajstić information content (AvgIpc) is 2.46. The van der Waals surface area contributed by atoms with Crippen LogP contribution in [0.4, 0.5) is 0 Å². The van der Waals surface area contributed by atoms with E-state index < -0.39 is 5.97 Å². The zero-order chi connectivity index (χ0) is 14.4. The number of carboxylic acids is 1. The molecule has 0 amide bonds. The van der Waals surface area contributed by atoms with E-state index in [0.29, 0.717) is 17.7 Å². The van der Waals surface area contributed by atoms with Crippen LogP contribution < -0.4 is 4.74 Å². The van der Waals surface area contributed by atoms with E-state index in [2.05, 4.69) is 0 Å². The number of benzene rings is 2. The number of aromatic carboxylic acids is 1. The Morgan fingerprint density at radius 1 is 1.15 bits per heavy atom. The molecule has 2 aromatic carbocycles. The molecule has 0 unspecified atom stereocenters. The first kappa shape index (κ1) is 13.9. The Balaban J connectivity index is 2.25. The first-order valence-electron chi connectivity index (χ1n) is 6.44. The van der Waals surface area contributed by atoms with Gasteiger partial charge in [-0.25, -0.2) is 4.79 Å². The van der Waals surface area contributed by atoms with Gasteiger partial charge >= 0.3 is 5.97 Å². The second-order valence-corrected chi connectivity index (χ2v) is 4.23. The Kier molecular flexibility index (Phi) is 4.56. The number of carbonyl (C=O) groups is 1. The highest BCUT2D eigenvalue weighted by Crippen LogP contribution is 2.17. The molecule has 0 saturated heterocycles. The van der Waals surface area contributed by atoms with Crippen LogP contribution in [0.25, 0.3) is 12.2 Å². The van der Waals surface area contributed by atoms with Crippen LogP contribution in [-0.4, -0.2) is 17.7 Å². The van der Waals surface area contributed by atoms with Crippen LogP contribution >= 0.6 is 0 Å². The maximum absolute atomic E-state index is 11.1. The van der Waals surface area contributed by atoms with E-state index in [1.165, 1.54) is 0 Å². The Hall–Kier alpha value is -2.55. The second kappa shape index (κ2) is 6.57. The number of hydrogen-bond acceptors (Lipinski definition) is 2. The van der Waals surface area contributed by atoms with Gasteiger partial charge in [0.1, 0.15) is 5.75 Å². The molecule has 0 spiro atoms. The molecule has 2 aromatic rings. The van der Waals surface area contributed by atoms with Crippen LogP contribution in [0.3, 0.4) is 0 Å². The summed E-state index contributed by atoms with van der Waals surface area (Å²) in [7, 11) is 0. The van der Waals surface area contributed by atoms with Gasteiger partial charge in [0, 0.05) is 0 Å². The van der Waals surface area contributed by atoms with Crippen LogP contribution in [0.5, 0.6) is 5.75 Å². The predicted octanol–water partition coefficient (Wildman–Crippen LogP) is 3.95. The van der Waals surface area contributed by atoms with Crippen LogP contribution in [0.2, 0.25) is 0 Å². The molecule has 0 aliphatic carbocycles. The molecule has 0 aromatic heterocycles. The maximum Gasteiger partial charge on any atom is 0.336 e. The van der Waals surface area contributed by atoms with E-state index >= 15 is 0 Å². The first-order valence-corrected chi connectivity index (χ1v) is 6.44. The summed E-state index contributed by atoms with van der Waals surface area (Å²) in [5.74, 6) is -0.116. The van der Waals surface area contributed by atoms with E-state index in [9.17, 15) is 4.79 Å². The SMILES string of the molecule is CCOc1cccc(/C=C/c2ccccc2C(=O)O)c1. The van der Waals surface area contributed by atoms with Gasteiger partial charge in [-0.3, -0.25) is 0 Å². The number of ether oxygens (including phenoxy) is 1. The van der Waals surface area contributed by atoms with E-state index in [0.717, 1.165) is 11.3 Å². The fourth-order valence-corrected chi connectivity index (χ4v) is 1.90. The fourth-order valence-electron chi connectivity index (χ4n) is 1.90. The van der Waals surface area contributed by atoms with Crippen molar-refractivity contribution in [3.63, 3.8) is 0 Å². The Bertz CT molecular complexity index is 630. The van der Waals surface area contributed by atoms with Gasteiger partial charge in [-0.15, -0.1) is 0 Å². The van der Waals surface area contributed by atoms with E-state index in [-0.39, 0.29) is 0 Å². The van der Waals surface area contributed by atoms with Gasteiger partial charge in [0.15, 0.2) is 0 Å². The molecule has 20 heavy (non-hydrogen) atoms. The van der Waals surface area contributed by atoms with Gasteiger partial charge in [-0.2, -0.15) is 0 Å². The lowest BCUT2D eigenvalue weighted by molar-refractivity contribution is 0.0696. The molecule has 1 N–H and O–H groups in total. The maximum atomic E-state index is 11.1. The van der Waals surface area contributed by atoms with Crippen molar-refractivity contribution in [3.05, 3.63) is 65.2 Å². The Morgan fingerprint density at radius 2 is 1.95 bits per heavy atom. The minimum Gasteiger partial charge on any atom is -0.494 e. The summed E-state index contributed by atoms with van der Waals surface area (Å²) in [5, 5.41) is 9.12. The van der Waals surface area contributed by atoms with Crippen molar-refractivity contribution < 1.29 is 14.6 Å². The molecule has 102 valence electrons. The molecular formula is C17H16O3. The third kappa shape index (κ3) is 3.48. The number of carboxylic acid groups (broad SMARTS) is 1. The monoisotopic (exact) mass is 268 g/mol. The molecule has 0 fully saturated rings. The van der Waals surface area contributed by atoms with E-state index in [1.54, 1.807) is 24.3 Å². The largest absolute Gasteiger partial charge is 0.494 e. The standard InChI is InChI=1S/C17H16O3/c1-2-20-15-8-5-6-13(12-15)10-11-14-7-3-4-9-16(14)17(18)19/h3-12H,2H2,1H3,(H,18,19)/b11-10+. The highest BCUT2D eigenvalue weighted by Gasteiger charge is 2.05. The normalized spacial score (nSPS) is 10.7. The molecule has 0 bridgehead atoms. The summed E-state index contributed by atoms with van der Waals surface area (Å²) in [5.41, 5.74) is 1.95. The molecular weight excluding hydrogens is 252 g/mol. The average molecular weight is 268 g/mol. The predicted molar refractivity (Wildman–Crippen MR) is 79.9 cm³/mol. The van der Waals surface area contributed by atoms with Gasteiger partial charge in [0.2, 0.25) is 0 Å². The first-order chi connectivity index (χ1) is 9.70. The molecule has 3 nitrogen and oxygen atoms in total. The lowest BCUT2D eigenvalue weighted by Gasteiger charge is -2.03. The summed E-state index contributed by atoms with van der Waals surface area (Å²) in [6, 6.07) is 14.6. The zero-order valence-corrected chi connectivity index (χ0v) is 11.2. The summed E-state index contributed by atoms with van der Waals surface area (Å²) < 4.78 is 5.43. The van der Waals surface area contributed by atoms with E-state index in [4.69, 9.17) is 9.84 Å². The van der Waals surface area contributed by atoms with Gasteiger partial charge in [0.25, 0.3) is 0 Å².